The molecule has 1 heterocycles. The lowest BCUT2D eigenvalue weighted by Crippen LogP contribution is -2.34. The normalized spacial score (nSPS) is 26.5. The molecule has 16 heavy (non-hydrogen) atoms. The first kappa shape index (κ1) is 13.5. The molecule has 1 N–H and O–H groups in total. The summed E-state index contributed by atoms with van der Waals surface area (Å²) < 4.78 is 0. The SMILES string of the molecule is CCC1(C(=O)O)CCN(CCCN(C)C)C1. The van der Waals surface area contributed by atoms with E-state index in [-0.39, 0.29) is 0 Å². The van der Waals surface area contributed by atoms with Gasteiger partial charge in [0.15, 0.2) is 0 Å². The molecule has 0 bridgehead atoms. The lowest BCUT2D eigenvalue weighted by molar-refractivity contribution is -0.148. The van der Waals surface area contributed by atoms with Crippen LogP contribution in [0.4, 0.5) is 0 Å². The number of likely N-dealkylation sites (tertiary alicyclic amines) is 1. The van der Waals surface area contributed by atoms with Gasteiger partial charge in [-0.2, -0.15) is 0 Å². The fourth-order valence-corrected chi connectivity index (χ4v) is 2.37. The Morgan fingerprint density at radius 1 is 1.50 bits per heavy atom. The molecule has 0 amide bonds. The molecule has 0 aromatic carbocycles. The molecule has 0 spiro atoms. The molecule has 0 radical (unpaired) electrons. The van der Waals surface area contributed by atoms with Gasteiger partial charge in [0, 0.05) is 6.54 Å². The van der Waals surface area contributed by atoms with Crippen molar-refractivity contribution in [1.29, 1.82) is 0 Å². The highest BCUT2D eigenvalue weighted by Gasteiger charge is 2.42. The number of rotatable bonds is 6. The highest BCUT2D eigenvalue weighted by molar-refractivity contribution is 5.75. The predicted octanol–water partition coefficient (Wildman–Crippen LogP) is 1.12. The number of hydrogen-bond acceptors (Lipinski definition) is 3. The van der Waals surface area contributed by atoms with Gasteiger partial charge >= 0.3 is 5.97 Å². The first-order valence-electron chi connectivity index (χ1n) is 6.10. The predicted molar refractivity (Wildman–Crippen MR) is 64.6 cm³/mol. The summed E-state index contributed by atoms with van der Waals surface area (Å²) in [5.74, 6) is -0.620. The highest BCUT2D eigenvalue weighted by atomic mass is 16.4. The molecule has 1 rings (SSSR count). The molecule has 4 heteroatoms. The molecule has 4 nitrogen and oxygen atoms in total. The summed E-state index contributed by atoms with van der Waals surface area (Å²) in [7, 11) is 4.13. The van der Waals surface area contributed by atoms with E-state index in [9.17, 15) is 9.90 Å². The third-order valence-electron chi connectivity index (χ3n) is 3.64. The highest BCUT2D eigenvalue weighted by Crippen LogP contribution is 2.34. The van der Waals surface area contributed by atoms with Crippen molar-refractivity contribution in [3.8, 4) is 0 Å². The van der Waals surface area contributed by atoms with E-state index in [1.165, 1.54) is 0 Å². The summed E-state index contributed by atoms with van der Waals surface area (Å²) in [6.45, 7) is 5.74. The Hall–Kier alpha value is -0.610. The minimum absolute atomic E-state index is 0.474. The molecular formula is C12H24N2O2. The first-order valence-corrected chi connectivity index (χ1v) is 6.10. The second-order valence-electron chi connectivity index (χ2n) is 5.12. The number of carbonyl (C=O) groups is 1. The van der Waals surface area contributed by atoms with Crippen LogP contribution in [0.15, 0.2) is 0 Å². The van der Waals surface area contributed by atoms with E-state index in [1.807, 2.05) is 6.92 Å². The van der Waals surface area contributed by atoms with Crippen LogP contribution in [0.3, 0.4) is 0 Å². The average Bonchev–Trinajstić information content (AvgIpc) is 2.62. The maximum Gasteiger partial charge on any atom is 0.310 e. The van der Waals surface area contributed by atoms with Crippen LogP contribution in [0, 0.1) is 5.41 Å². The quantitative estimate of drug-likeness (QED) is 0.740. The van der Waals surface area contributed by atoms with E-state index >= 15 is 0 Å². The van der Waals surface area contributed by atoms with Gasteiger partial charge in [-0.1, -0.05) is 6.92 Å². The molecular weight excluding hydrogens is 204 g/mol. The smallest absolute Gasteiger partial charge is 0.310 e. The summed E-state index contributed by atoms with van der Waals surface area (Å²) >= 11 is 0. The van der Waals surface area contributed by atoms with E-state index in [1.54, 1.807) is 0 Å². The fraction of sp³-hybridized carbons (Fsp3) is 0.917. The molecule has 1 aliphatic rings. The number of aliphatic carboxylic acids is 1. The van der Waals surface area contributed by atoms with Gasteiger partial charge in [-0.05, 0) is 53.0 Å². The van der Waals surface area contributed by atoms with Crippen molar-refractivity contribution in [1.82, 2.24) is 9.80 Å². The zero-order valence-electron chi connectivity index (χ0n) is 10.7. The monoisotopic (exact) mass is 228 g/mol. The standard InChI is InChI=1S/C12H24N2O2/c1-4-12(11(15)16)6-9-14(10-12)8-5-7-13(2)3/h4-10H2,1-3H3,(H,15,16). The van der Waals surface area contributed by atoms with Gasteiger partial charge in [-0.3, -0.25) is 4.79 Å². The molecule has 94 valence electrons. The van der Waals surface area contributed by atoms with Gasteiger partial charge in [0.2, 0.25) is 0 Å². The van der Waals surface area contributed by atoms with Gasteiger partial charge in [-0.25, -0.2) is 0 Å². The molecule has 0 aromatic rings. The second kappa shape index (κ2) is 5.64. The Morgan fingerprint density at radius 2 is 2.19 bits per heavy atom. The Kier molecular flexibility index (Phi) is 4.74. The summed E-state index contributed by atoms with van der Waals surface area (Å²) in [4.78, 5) is 15.7. The summed E-state index contributed by atoms with van der Waals surface area (Å²) in [6, 6.07) is 0. The van der Waals surface area contributed by atoms with Crippen LogP contribution in [0.1, 0.15) is 26.2 Å². The van der Waals surface area contributed by atoms with Crippen LogP contribution >= 0.6 is 0 Å². The Morgan fingerprint density at radius 3 is 2.62 bits per heavy atom. The van der Waals surface area contributed by atoms with Crippen LogP contribution in [-0.2, 0) is 4.79 Å². The van der Waals surface area contributed by atoms with E-state index in [4.69, 9.17) is 0 Å². The van der Waals surface area contributed by atoms with Crippen molar-refractivity contribution in [3.05, 3.63) is 0 Å². The van der Waals surface area contributed by atoms with Crippen molar-refractivity contribution in [2.45, 2.75) is 26.2 Å². The minimum atomic E-state index is -0.620. The molecule has 1 atom stereocenters. The van der Waals surface area contributed by atoms with Gasteiger partial charge in [0.05, 0.1) is 5.41 Å². The molecule has 0 aromatic heterocycles. The van der Waals surface area contributed by atoms with Crippen molar-refractivity contribution in [2.24, 2.45) is 5.41 Å². The van der Waals surface area contributed by atoms with Gasteiger partial charge in [0.1, 0.15) is 0 Å². The van der Waals surface area contributed by atoms with E-state index in [0.717, 1.165) is 45.4 Å². The number of hydrogen-bond donors (Lipinski definition) is 1. The molecule has 0 aliphatic carbocycles. The van der Waals surface area contributed by atoms with Crippen LogP contribution in [-0.4, -0.2) is 61.2 Å². The second-order valence-corrected chi connectivity index (χ2v) is 5.12. The number of carboxylic acids is 1. The Bertz CT molecular complexity index is 243. The van der Waals surface area contributed by atoms with Crippen LogP contribution in [0.25, 0.3) is 0 Å². The minimum Gasteiger partial charge on any atom is -0.481 e. The third-order valence-corrected chi connectivity index (χ3v) is 3.64. The van der Waals surface area contributed by atoms with E-state index in [0.29, 0.717) is 0 Å². The van der Waals surface area contributed by atoms with E-state index < -0.39 is 11.4 Å². The largest absolute Gasteiger partial charge is 0.481 e. The molecule has 1 saturated heterocycles. The lowest BCUT2D eigenvalue weighted by atomic mass is 9.84. The van der Waals surface area contributed by atoms with Gasteiger partial charge in [-0.15, -0.1) is 0 Å². The number of nitrogens with zero attached hydrogens (tertiary/aromatic N) is 2. The third kappa shape index (κ3) is 3.19. The zero-order chi connectivity index (χ0) is 12.2. The van der Waals surface area contributed by atoms with Crippen molar-refractivity contribution < 1.29 is 9.90 Å². The van der Waals surface area contributed by atoms with Crippen LogP contribution in [0.5, 0.6) is 0 Å². The van der Waals surface area contributed by atoms with Crippen LogP contribution in [0.2, 0.25) is 0 Å². The zero-order valence-corrected chi connectivity index (χ0v) is 10.7. The fourth-order valence-electron chi connectivity index (χ4n) is 2.37. The molecule has 1 aliphatic heterocycles. The maximum atomic E-state index is 11.2. The van der Waals surface area contributed by atoms with E-state index in [2.05, 4.69) is 23.9 Å². The van der Waals surface area contributed by atoms with Gasteiger partial charge < -0.3 is 14.9 Å². The van der Waals surface area contributed by atoms with Crippen molar-refractivity contribution >= 4 is 5.97 Å². The summed E-state index contributed by atoms with van der Waals surface area (Å²) in [6.07, 6.45) is 2.67. The molecule has 1 unspecified atom stereocenters. The Balaban J connectivity index is 2.36. The van der Waals surface area contributed by atoms with Gasteiger partial charge in [0.25, 0.3) is 0 Å². The Labute approximate surface area is 98.2 Å². The van der Waals surface area contributed by atoms with Crippen molar-refractivity contribution in [2.75, 3.05) is 40.3 Å². The maximum absolute atomic E-state index is 11.2. The van der Waals surface area contributed by atoms with Crippen LogP contribution < -0.4 is 0 Å². The number of carboxylic acid groups (broad SMARTS) is 1. The average molecular weight is 228 g/mol. The summed E-state index contributed by atoms with van der Waals surface area (Å²) in [5.41, 5.74) is -0.474. The molecule has 0 saturated carbocycles. The van der Waals surface area contributed by atoms with Crippen molar-refractivity contribution in [3.63, 3.8) is 0 Å². The topological polar surface area (TPSA) is 43.8 Å². The first-order chi connectivity index (χ1) is 7.50. The molecule has 1 fully saturated rings. The summed E-state index contributed by atoms with van der Waals surface area (Å²) in [5, 5.41) is 9.26. The lowest BCUT2D eigenvalue weighted by Gasteiger charge is -2.23.